The molecule has 0 saturated heterocycles. The zero-order valence-electron chi connectivity index (χ0n) is 7.84. The molecular formula is C11H13ClO. The first kappa shape index (κ1) is 10.3. The van der Waals surface area contributed by atoms with Crippen LogP contribution in [0.1, 0.15) is 16.7 Å². The monoisotopic (exact) mass is 196 g/mol. The van der Waals surface area contributed by atoms with Gasteiger partial charge in [0.05, 0.1) is 6.61 Å². The molecular weight excluding hydrogens is 184 g/mol. The minimum atomic E-state index is 0.0702. The summed E-state index contributed by atoms with van der Waals surface area (Å²) in [5, 5.41) is 9.43. The number of aryl methyl sites for hydroxylation is 2. The van der Waals surface area contributed by atoms with Crippen molar-refractivity contribution < 1.29 is 5.11 Å². The molecule has 1 aromatic carbocycles. The predicted octanol–water partition coefficient (Wildman–Crippen LogP) is 2.96. The van der Waals surface area contributed by atoms with Crippen LogP contribution >= 0.6 is 11.6 Å². The summed E-state index contributed by atoms with van der Waals surface area (Å²) in [4.78, 5) is 0. The van der Waals surface area contributed by atoms with E-state index in [1.165, 1.54) is 0 Å². The fraction of sp³-hybridized carbons (Fsp3) is 0.273. The second-order valence-electron chi connectivity index (χ2n) is 3.05. The zero-order valence-corrected chi connectivity index (χ0v) is 8.60. The number of rotatable bonds is 2. The largest absolute Gasteiger partial charge is 0.392 e. The van der Waals surface area contributed by atoms with Crippen molar-refractivity contribution in [2.24, 2.45) is 0 Å². The van der Waals surface area contributed by atoms with Gasteiger partial charge in [0.1, 0.15) is 0 Å². The molecule has 0 unspecified atom stereocenters. The standard InChI is InChI=1S/C11H13ClO/c1-8-6-10(4-3-5-13)7-9(2)11(8)12/h3-4,6-7,13H,5H2,1-2H3. The van der Waals surface area contributed by atoms with Gasteiger partial charge in [-0.15, -0.1) is 0 Å². The first-order valence-electron chi connectivity index (χ1n) is 4.19. The summed E-state index contributed by atoms with van der Waals surface area (Å²) in [6, 6.07) is 4.00. The van der Waals surface area contributed by atoms with Gasteiger partial charge in [-0.1, -0.05) is 35.9 Å². The Bertz CT molecular complexity index is 306. The maximum atomic E-state index is 8.61. The van der Waals surface area contributed by atoms with Crippen LogP contribution in [0, 0.1) is 13.8 Å². The summed E-state index contributed by atoms with van der Waals surface area (Å²) in [6.45, 7) is 4.03. The third-order valence-corrected chi connectivity index (χ3v) is 2.47. The minimum absolute atomic E-state index is 0.0702. The molecule has 2 heteroatoms. The minimum Gasteiger partial charge on any atom is -0.392 e. The lowest BCUT2D eigenvalue weighted by molar-refractivity contribution is 0.343. The highest BCUT2D eigenvalue weighted by atomic mass is 35.5. The van der Waals surface area contributed by atoms with E-state index >= 15 is 0 Å². The molecule has 0 saturated carbocycles. The highest BCUT2D eigenvalue weighted by Gasteiger charge is 1.99. The molecule has 0 aromatic heterocycles. The Labute approximate surface area is 83.7 Å². The molecule has 0 radical (unpaired) electrons. The van der Waals surface area contributed by atoms with E-state index in [4.69, 9.17) is 16.7 Å². The van der Waals surface area contributed by atoms with Crippen LogP contribution in [0.3, 0.4) is 0 Å². The summed E-state index contributed by atoms with van der Waals surface area (Å²) in [7, 11) is 0. The summed E-state index contributed by atoms with van der Waals surface area (Å²) in [5.74, 6) is 0. The Hall–Kier alpha value is -0.790. The zero-order chi connectivity index (χ0) is 9.84. The normalized spacial score (nSPS) is 11.1. The van der Waals surface area contributed by atoms with Crippen molar-refractivity contribution in [2.45, 2.75) is 13.8 Å². The van der Waals surface area contributed by atoms with Crippen LogP contribution in [-0.2, 0) is 0 Å². The molecule has 1 rings (SSSR count). The number of halogens is 1. The predicted molar refractivity (Wildman–Crippen MR) is 57.0 cm³/mol. The van der Waals surface area contributed by atoms with E-state index in [1.807, 2.05) is 32.1 Å². The van der Waals surface area contributed by atoms with E-state index < -0.39 is 0 Å². The lowest BCUT2D eigenvalue weighted by atomic mass is 10.1. The van der Waals surface area contributed by atoms with Crippen molar-refractivity contribution >= 4 is 17.7 Å². The van der Waals surface area contributed by atoms with Gasteiger partial charge in [-0.2, -0.15) is 0 Å². The smallest absolute Gasteiger partial charge is 0.0615 e. The summed E-state index contributed by atoms with van der Waals surface area (Å²) >= 11 is 6.01. The van der Waals surface area contributed by atoms with Gasteiger partial charge in [-0.05, 0) is 30.5 Å². The number of benzene rings is 1. The lowest BCUT2D eigenvalue weighted by Crippen LogP contribution is -1.84. The van der Waals surface area contributed by atoms with E-state index in [1.54, 1.807) is 6.08 Å². The Balaban J connectivity index is 3.06. The van der Waals surface area contributed by atoms with Gasteiger partial charge in [-0.25, -0.2) is 0 Å². The molecule has 0 spiro atoms. The van der Waals surface area contributed by atoms with E-state index in [0.29, 0.717) is 0 Å². The van der Waals surface area contributed by atoms with Crippen LogP contribution in [0.2, 0.25) is 5.02 Å². The van der Waals surface area contributed by atoms with Crippen LogP contribution in [0.15, 0.2) is 18.2 Å². The maximum Gasteiger partial charge on any atom is 0.0615 e. The molecule has 0 aliphatic heterocycles. The molecule has 70 valence electrons. The second kappa shape index (κ2) is 4.45. The number of hydrogen-bond acceptors (Lipinski definition) is 1. The Morgan fingerprint density at radius 1 is 1.31 bits per heavy atom. The van der Waals surface area contributed by atoms with Gasteiger partial charge in [0.15, 0.2) is 0 Å². The first-order chi connectivity index (χ1) is 6.15. The molecule has 1 N–H and O–H groups in total. The molecule has 0 amide bonds. The number of aliphatic hydroxyl groups is 1. The van der Waals surface area contributed by atoms with E-state index in [9.17, 15) is 0 Å². The van der Waals surface area contributed by atoms with Crippen LogP contribution in [0.25, 0.3) is 6.08 Å². The van der Waals surface area contributed by atoms with Crippen LogP contribution in [-0.4, -0.2) is 11.7 Å². The molecule has 0 aliphatic carbocycles. The topological polar surface area (TPSA) is 20.2 Å². The van der Waals surface area contributed by atoms with Crippen molar-refractivity contribution in [2.75, 3.05) is 6.61 Å². The number of aliphatic hydroxyl groups excluding tert-OH is 1. The fourth-order valence-electron chi connectivity index (χ4n) is 1.26. The molecule has 0 aliphatic rings. The molecule has 1 aromatic rings. The lowest BCUT2D eigenvalue weighted by Gasteiger charge is -2.03. The van der Waals surface area contributed by atoms with Gasteiger partial charge < -0.3 is 5.11 Å². The summed E-state index contributed by atoms with van der Waals surface area (Å²) in [6.07, 6.45) is 3.60. The van der Waals surface area contributed by atoms with E-state index in [-0.39, 0.29) is 6.61 Å². The fourth-order valence-corrected chi connectivity index (χ4v) is 1.37. The van der Waals surface area contributed by atoms with Gasteiger partial charge in [0, 0.05) is 5.02 Å². The van der Waals surface area contributed by atoms with Crippen molar-refractivity contribution in [1.82, 2.24) is 0 Å². The Morgan fingerprint density at radius 2 is 1.85 bits per heavy atom. The van der Waals surface area contributed by atoms with Gasteiger partial charge in [-0.3, -0.25) is 0 Å². The molecule has 1 nitrogen and oxygen atoms in total. The van der Waals surface area contributed by atoms with Crippen LogP contribution in [0.4, 0.5) is 0 Å². The highest BCUT2D eigenvalue weighted by molar-refractivity contribution is 6.32. The molecule has 0 fully saturated rings. The van der Waals surface area contributed by atoms with Crippen molar-refractivity contribution in [3.8, 4) is 0 Å². The Morgan fingerprint density at radius 3 is 2.31 bits per heavy atom. The molecule has 0 heterocycles. The average molecular weight is 197 g/mol. The maximum absolute atomic E-state index is 8.61. The molecule has 0 atom stereocenters. The highest BCUT2D eigenvalue weighted by Crippen LogP contribution is 2.22. The van der Waals surface area contributed by atoms with Gasteiger partial charge in [0.2, 0.25) is 0 Å². The summed E-state index contributed by atoms with van der Waals surface area (Å²) < 4.78 is 0. The van der Waals surface area contributed by atoms with E-state index in [2.05, 4.69) is 0 Å². The average Bonchev–Trinajstić information content (AvgIpc) is 2.10. The molecule has 0 bridgehead atoms. The second-order valence-corrected chi connectivity index (χ2v) is 3.43. The van der Waals surface area contributed by atoms with E-state index in [0.717, 1.165) is 21.7 Å². The number of hydrogen-bond donors (Lipinski definition) is 1. The third kappa shape index (κ3) is 2.58. The van der Waals surface area contributed by atoms with Crippen molar-refractivity contribution in [1.29, 1.82) is 0 Å². The quantitative estimate of drug-likeness (QED) is 0.771. The van der Waals surface area contributed by atoms with Crippen LogP contribution < -0.4 is 0 Å². The molecule has 13 heavy (non-hydrogen) atoms. The van der Waals surface area contributed by atoms with Crippen molar-refractivity contribution in [3.63, 3.8) is 0 Å². The van der Waals surface area contributed by atoms with Gasteiger partial charge in [0.25, 0.3) is 0 Å². The Kier molecular flexibility index (Phi) is 3.52. The SMILES string of the molecule is Cc1cc(C=CCO)cc(C)c1Cl. The van der Waals surface area contributed by atoms with Gasteiger partial charge >= 0.3 is 0 Å². The van der Waals surface area contributed by atoms with Crippen molar-refractivity contribution in [3.05, 3.63) is 39.9 Å². The third-order valence-electron chi connectivity index (χ3n) is 1.87. The summed E-state index contributed by atoms with van der Waals surface area (Å²) in [5.41, 5.74) is 3.21. The first-order valence-corrected chi connectivity index (χ1v) is 4.57. The van der Waals surface area contributed by atoms with Crippen LogP contribution in [0.5, 0.6) is 0 Å².